The minimum atomic E-state index is -0.143. The lowest BCUT2D eigenvalue weighted by atomic mass is 10.0. The molecule has 1 heterocycles. The van der Waals surface area contributed by atoms with Crippen molar-refractivity contribution in [3.05, 3.63) is 84.7 Å². The van der Waals surface area contributed by atoms with Crippen LogP contribution < -0.4 is 14.8 Å². The Hall–Kier alpha value is -3.78. The summed E-state index contributed by atoms with van der Waals surface area (Å²) in [5.74, 6) is 2.21. The van der Waals surface area contributed by atoms with Gasteiger partial charge in [-0.05, 0) is 41.5 Å². The highest BCUT2D eigenvalue weighted by Crippen LogP contribution is 2.28. The number of aromatic nitrogens is 3. The van der Waals surface area contributed by atoms with Crippen molar-refractivity contribution in [1.29, 1.82) is 0 Å². The van der Waals surface area contributed by atoms with E-state index in [1.807, 2.05) is 54.0 Å². The number of fused-ring (bicyclic) bond motifs is 1. The Morgan fingerprint density at radius 2 is 2.00 bits per heavy atom. The summed E-state index contributed by atoms with van der Waals surface area (Å²) in [6.45, 7) is 6.66. The zero-order valence-corrected chi connectivity index (χ0v) is 20.0. The first kappa shape index (κ1) is 23.4. The summed E-state index contributed by atoms with van der Waals surface area (Å²) in [4.78, 5) is 12.4. The molecule has 34 heavy (non-hydrogen) atoms. The van der Waals surface area contributed by atoms with Crippen LogP contribution in [0.15, 0.2) is 78.5 Å². The van der Waals surface area contributed by atoms with Crippen LogP contribution in [0.1, 0.15) is 11.4 Å². The maximum absolute atomic E-state index is 12.4. The number of thioether (sulfide) groups is 1. The molecule has 0 unspecified atom stereocenters. The number of carbonyl (C=O) groups is 1. The van der Waals surface area contributed by atoms with Gasteiger partial charge in [-0.15, -0.1) is 16.8 Å². The predicted octanol–water partition coefficient (Wildman–Crippen LogP) is 5.24. The maximum Gasteiger partial charge on any atom is 0.234 e. The van der Waals surface area contributed by atoms with Gasteiger partial charge in [0.25, 0.3) is 0 Å². The van der Waals surface area contributed by atoms with Gasteiger partial charge in [0.2, 0.25) is 5.91 Å². The molecule has 0 fully saturated rings. The van der Waals surface area contributed by atoms with Crippen LogP contribution in [0.3, 0.4) is 0 Å². The lowest BCUT2D eigenvalue weighted by Gasteiger charge is -2.12. The summed E-state index contributed by atoms with van der Waals surface area (Å²) in [5, 5.41) is 14.4. The number of nitrogens with one attached hydrogen (secondary N) is 1. The van der Waals surface area contributed by atoms with Gasteiger partial charge in [0.1, 0.15) is 18.1 Å². The Morgan fingerprint density at radius 3 is 2.82 bits per heavy atom. The molecule has 0 spiro atoms. The average molecular weight is 475 g/mol. The number of nitrogens with zero attached hydrogens (tertiary/aromatic N) is 3. The number of carbonyl (C=O) groups excluding carboxylic acids is 1. The fourth-order valence-corrected chi connectivity index (χ4v) is 4.35. The number of ether oxygens (including phenoxy) is 2. The molecule has 0 radical (unpaired) electrons. The Morgan fingerprint density at radius 1 is 1.15 bits per heavy atom. The molecule has 0 aliphatic carbocycles. The largest absolute Gasteiger partial charge is 0.497 e. The summed E-state index contributed by atoms with van der Waals surface area (Å²) in [6, 6.07) is 19.5. The van der Waals surface area contributed by atoms with Gasteiger partial charge in [0.05, 0.1) is 12.9 Å². The molecule has 0 aliphatic rings. The third-order valence-corrected chi connectivity index (χ3v) is 6.26. The lowest BCUT2D eigenvalue weighted by molar-refractivity contribution is -0.113. The molecular formula is C26H26N4O3S. The van der Waals surface area contributed by atoms with Gasteiger partial charge in [-0.1, -0.05) is 54.2 Å². The van der Waals surface area contributed by atoms with Gasteiger partial charge in [0.15, 0.2) is 11.0 Å². The molecule has 1 N–H and O–H groups in total. The van der Waals surface area contributed by atoms with Crippen molar-refractivity contribution in [2.75, 3.05) is 18.2 Å². The normalized spacial score (nSPS) is 10.8. The number of hydrogen-bond donors (Lipinski definition) is 1. The Kier molecular flexibility index (Phi) is 7.49. The van der Waals surface area contributed by atoms with Crippen LogP contribution in [-0.4, -0.2) is 33.5 Å². The molecule has 1 amide bonds. The fraction of sp³-hybridized carbons (Fsp3) is 0.192. The lowest BCUT2D eigenvalue weighted by Crippen LogP contribution is -2.15. The third-order valence-electron chi connectivity index (χ3n) is 5.30. The average Bonchev–Trinajstić information content (AvgIpc) is 3.24. The molecule has 4 aromatic rings. The zero-order valence-electron chi connectivity index (χ0n) is 19.2. The summed E-state index contributed by atoms with van der Waals surface area (Å²) < 4.78 is 13.2. The van der Waals surface area contributed by atoms with Crippen molar-refractivity contribution in [3.8, 4) is 11.5 Å². The second kappa shape index (κ2) is 10.9. The number of anilines is 1. The van der Waals surface area contributed by atoms with Gasteiger partial charge < -0.3 is 14.8 Å². The number of aryl methyl sites for hydroxylation is 1. The van der Waals surface area contributed by atoms with Crippen LogP contribution in [0.2, 0.25) is 0 Å². The van der Waals surface area contributed by atoms with Crippen LogP contribution >= 0.6 is 11.8 Å². The van der Waals surface area contributed by atoms with E-state index in [1.165, 1.54) is 17.1 Å². The highest BCUT2D eigenvalue weighted by molar-refractivity contribution is 7.99. The van der Waals surface area contributed by atoms with E-state index in [0.717, 1.165) is 16.7 Å². The summed E-state index contributed by atoms with van der Waals surface area (Å²) in [5.41, 5.74) is 1.76. The van der Waals surface area contributed by atoms with Gasteiger partial charge in [-0.3, -0.25) is 9.36 Å². The van der Waals surface area contributed by atoms with Crippen molar-refractivity contribution in [1.82, 2.24) is 14.8 Å². The molecule has 0 saturated heterocycles. The number of rotatable bonds is 10. The SMILES string of the molecule is C=CCn1c(COc2ccc3ccccc3c2C)nnc1SCC(=O)Nc1cccc(OC)c1. The molecule has 1 aromatic heterocycles. The van der Waals surface area contributed by atoms with Crippen molar-refractivity contribution < 1.29 is 14.3 Å². The van der Waals surface area contributed by atoms with E-state index >= 15 is 0 Å². The van der Waals surface area contributed by atoms with Crippen LogP contribution in [0, 0.1) is 6.92 Å². The highest BCUT2D eigenvalue weighted by atomic mass is 32.2. The highest BCUT2D eigenvalue weighted by Gasteiger charge is 2.15. The zero-order chi connectivity index (χ0) is 23.9. The number of allylic oxidation sites excluding steroid dienone is 1. The van der Waals surface area contributed by atoms with E-state index in [2.05, 4.69) is 34.2 Å². The monoisotopic (exact) mass is 474 g/mol. The van der Waals surface area contributed by atoms with Crippen molar-refractivity contribution in [2.45, 2.75) is 25.2 Å². The van der Waals surface area contributed by atoms with Crippen molar-refractivity contribution >= 4 is 34.1 Å². The predicted molar refractivity (Wildman–Crippen MR) is 136 cm³/mol. The van der Waals surface area contributed by atoms with Crippen molar-refractivity contribution in [3.63, 3.8) is 0 Å². The van der Waals surface area contributed by atoms with Crippen molar-refractivity contribution in [2.24, 2.45) is 0 Å². The molecular weight excluding hydrogens is 448 g/mol. The topological polar surface area (TPSA) is 78.3 Å². The second-order valence-electron chi connectivity index (χ2n) is 7.57. The van der Waals surface area contributed by atoms with E-state index < -0.39 is 0 Å². The summed E-state index contributed by atoms with van der Waals surface area (Å²) >= 11 is 1.31. The Bertz CT molecular complexity index is 1320. The van der Waals surface area contributed by atoms with Gasteiger partial charge >= 0.3 is 0 Å². The first-order chi connectivity index (χ1) is 16.6. The molecule has 0 atom stereocenters. The van der Waals surface area contributed by atoms with E-state index in [0.29, 0.717) is 29.0 Å². The Balaban J connectivity index is 1.41. The third kappa shape index (κ3) is 5.40. The van der Waals surface area contributed by atoms with Gasteiger partial charge in [-0.25, -0.2) is 0 Å². The summed E-state index contributed by atoms with van der Waals surface area (Å²) in [6.07, 6.45) is 1.77. The van der Waals surface area contributed by atoms with Crippen LogP contribution in [0.5, 0.6) is 11.5 Å². The second-order valence-corrected chi connectivity index (χ2v) is 8.51. The molecule has 174 valence electrons. The number of amides is 1. The number of hydrogen-bond acceptors (Lipinski definition) is 6. The molecule has 8 heteroatoms. The van der Waals surface area contributed by atoms with Gasteiger partial charge in [0, 0.05) is 18.3 Å². The van der Waals surface area contributed by atoms with Gasteiger partial charge in [-0.2, -0.15) is 0 Å². The minimum absolute atomic E-state index is 0.143. The molecule has 0 saturated carbocycles. The van der Waals surface area contributed by atoms with E-state index in [4.69, 9.17) is 9.47 Å². The maximum atomic E-state index is 12.4. The van der Waals surface area contributed by atoms with Crippen LogP contribution in [0.25, 0.3) is 10.8 Å². The molecule has 0 aliphatic heterocycles. The molecule has 7 nitrogen and oxygen atoms in total. The van der Waals surface area contributed by atoms with Crippen LogP contribution in [0.4, 0.5) is 5.69 Å². The summed E-state index contributed by atoms with van der Waals surface area (Å²) in [7, 11) is 1.59. The van der Waals surface area contributed by atoms with E-state index in [9.17, 15) is 4.79 Å². The molecule has 3 aromatic carbocycles. The first-order valence-electron chi connectivity index (χ1n) is 10.8. The molecule has 0 bridgehead atoms. The van der Waals surface area contributed by atoms with E-state index in [1.54, 1.807) is 19.3 Å². The van der Waals surface area contributed by atoms with E-state index in [-0.39, 0.29) is 18.3 Å². The Labute approximate surface area is 202 Å². The minimum Gasteiger partial charge on any atom is -0.497 e. The molecule has 4 rings (SSSR count). The van der Waals surface area contributed by atoms with Crippen LogP contribution in [-0.2, 0) is 17.9 Å². The number of benzene rings is 3. The standard InChI is InChI=1S/C26H26N4O3S/c1-4-14-30-24(16-33-23-13-12-19-8-5-6-11-22(19)18(23)2)28-29-26(30)34-17-25(31)27-20-9-7-10-21(15-20)32-3/h4-13,15H,1,14,16-17H2,2-3H3,(H,27,31). The fourth-order valence-electron chi connectivity index (χ4n) is 3.58. The quantitative estimate of drug-likeness (QED) is 0.250. The number of methoxy groups -OCH3 is 1. The first-order valence-corrected chi connectivity index (χ1v) is 11.8. The smallest absolute Gasteiger partial charge is 0.234 e.